The van der Waals surface area contributed by atoms with Crippen LogP contribution < -0.4 is 0 Å². The summed E-state index contributed by atoms with van der Waals surface area (Å²) >= 11 is 0. The van der Waals surface area contributed by atoms with Crippen LogP contribution in [0.5, 0.6) is 0 Å². The summed E-state index contributed by atoms with van der Waals surface area (Å²) in [5.74, 6) is -0.896. The predicted octanol–water partition coefficient (Wildman–Crippen LogP) is 7.49. The quantitative estimate of drug-likeness (QED) is 0.407. The Morgan fingerprint density at radius 3 is 1.94 bits per heavy atom. The van der Waals surface area contributed by atoms with E-state index in [4.69, 9.17) is 0 Å². The highest BCUT2D eigenvalue weighted by atomic mass is 19.4. The Kier molecular flexibility index (Phi) is 10.2. The summed E-state index contributed by atoms with van der Waals surface area (Å²) in [6.07, 6.45) is 3.56. The number of H-pyrrole nitrogens is 2. The summed E-state index contributed by atoms with van der Waals surface area (Å²) in [5, 5.41) is 13.7. The lowest BCUT2D eigenvalue weighted by atomic mass is 10.0. The first-order valence-corrected chi connectivity index (χ1v) is 10.1. The van der Waals surface area contributed by atoms with Crippen LogP contribution in [0.25, 0.3) is 16.8 Å². The van der Waals surface area contributed by atoms with E-state index in [-0.39, 0.29) is 5.57 Å². The minimum Gasteiger partial charge on any atom is -0.282 e. The topological polar surface area (TPSA) is 57.4 Å². The van der Waals surface area contributed by atoms with Gasteiger partial charge in [0.05, 0.1) is 23.7 Å². The normalized spacial score (nSPS) is 11.8. The summed E-state index contributed by atoms with van der Waals surface area (Å²) in [4.78, 5) is 0. The molecule has 2 heterocycles. The number of hydrogen-bond acceptors (Lipinski definition) is 2. The van der Waals surface area contributed by atoms with Crippen LogP contribution in [-0.4, -0.2) is 20.4 Å². The second-order valence-corrected chi connectivity index (χ2v) is 6.84. The van der Waals surface area contributed by atoms with Crippen LogP contribution in [0.1, 0.15) is 62.4 Å². The molecule has 4 rings (SSSR count). The van der Waals surface area contributed by atoms with Gasteiger partial charge in [0.1, 0.15) is 5.82 Å². The molecule has 1 fully saturated rings. The number of alkyl halides is 3. The van der Waals surface area contributed by atoms with Crippen LogP contribution >= 0.6 is 0 Å². The van der Waals surface area contributed by atoms with Gasteiger partial charge in [-0.25, -0.2) is 4.39 Å². The molecule has 3 aromatic rings. The van der Waals surface area contributed by atoms with Gasteiger partial charge in [0.2, 0.25) is 0 Å². The Balaban J connectivity index is 0.000000256. The average molecular weight is 439 g/mol. The first-order chi connectivity index (χ1) is 14.6. The van der Waals surface area contributed by atoms with Gasteiger partial charge < -0.3 is 0 Å². The van der Waals surface area contributed by atoms with Gasteiger partial charge in [0.25, 0.3) is 0 Å². The highest BCUT2D eigenvalue weighted by Crippen LogP contribution is 2.35. The van der Waals surface area contributed by atoms with Crippen molar-refractivity contribution >= 4 is 5.57 Å². The summed E-state index contributed by atoms with van der Waals surface area (Å²) < 4.78 is 50.2. The number of halogens is 4. The Morgan fingerprint density at radius 2 is 1.58 bits per heavy atom. The van der Waals surface area contributed by atoms with Crippen molar-refractivity contribution in [3.8, 4) is 11.3 Å². The minimum atomic E-state index is -4.55. The number of hydrogen-bond donors (Lipinski definition) is 2. The molecule has 0 amide bonds. The maximum atomic E-state index is 13.1. The lowest BCUT2D eigenvalue weighted by Gasteiger charge is -2.12. The maximum Gasteiger partial charge on any atom is 0.417 e. The molecule has 2 aromatic heterocycles. The second kappa shape index (κ2) is 12.1. The maximum absolute atomic E-state index is 13.1. The standard InChI is InChI=1S/C10H8F4.C8H10N4.C3H6.C2H6/c1-6(2)9-7(10(12,13)14)4-3-5-8(9)11;1-5-3-9-12-8(5)7-4-10-11-6(7)2;1-2-3-1;1-2/h3-5H,1H2,2H3;3-4H,1-2H3,(H,9,12)(H,10,11);1-3H2;1-2H3. The molecular formula is C23H30F4N4. The molecule has 0 unspecified atom stereocenters. The van der Waals surface area contributed by atoms with Gasteiger partial charge in [-0.2, -0.15) is 23.4 Å². The first-order valence-electron chi connectivity index (χ1n) is 10.1. The summed E-state index contributed by atoms with van der Waals surface area (Å²) in [6, 6.07) is 2.86. The summed E-state index contributed by atoms with van der Waals surface area (Å²) in [7, 11) is 0. The zero-order valence-corrected chi connectivity index (χ0v) is 18.6. The number of aromatic nitrogens is 4. The van der Waals surface area contributed by atoms with E-state index in [0.29, 0.717) is 0 Å². The fraction of sp³-hybridized carbons (Fsp3) is 0.391. The largest absolute Gasteiger partial charge is 0.417 e. The monoisotopic (exact) mass is 438 g/mol. The van der Waals surface area contributed by atoms with Crippen LogP contribution in [0.3, 0.4) is 0 Å². The van der Waals surface area contributed by atoms with E-state index in [9.17, 15) is 17.6 Å². The second-order valence-electron chi connectivity index (χ2n) is 6.84. The fourth-order valence-electron chi connectivity index (χ4n) is 2.42. The summed E-state index contributed by atoms with van der Waals surface area (Å²) in [5.41, 5.74) is 2.95. The molecule has 170 valence electrons. The molecule has 31 heavy (non-hydrogen) atoms. The Morgan fingerprint density at radius 1 is 1.00 bits per heavy atom. The number of benzene rings is 1. The SMILES string of the molecule is C1CC1.C=C(C)c1c(F)cccc1C(F)(F)F.CC.Cc1cn[nH]c1-c1cn[nH]c1C. The van der Waals surface area contributed by atoms with Crippen LogP contribution in [0, 0.1) is 19.7 Å². The molecule has 4 nitrogen and oxygen atoms in total. The minimum absolute atomic E-state index is 0.0652. The predicted molar refractivity (Wildman–Crippen MR) is 117 cm³/mol. The van der Waals surface area contributed by atoms with Gasteiger partial charge in [0.15, 0.2) is 0 Å². The zero-order valence-electron chi connectivity index (χ0n) is 18.6. The van der Waals surface area contributed by atoms with Crippen LogP contribution in [0.15, 0.2) is 37.2 Å². The molecule has 0 atom stereocenters. The lowest BCUT2D eigenvalue weighted by Crippen LogP contribution is -2.09. The lowest BCUT2D eigenvalue weighted by molar-refractivity contribution is -0.138. The van der Waals surface area contributed by atoms with Crippen LogP contribution in [0.4, 0.5) is 17.6 Å². The van der Waals surface area contributed by atoms with Gasteiger partial charge in [-0.15, -0.1) is 0 Å². The zero-order chi connectivity index (χ0) is 23.6. The molecule has 0 bridgehead atoms. The fourth-order valence-corrected chi connectivity index (χ4v) is 2.42. The smallest absolute Gasteiger partial charge is 0.282 e. The number of allylic oxidation sites excluding steroid dienone is 1. The van der Waals surface area contributed by atoms with Crippen molar-refractivity contribution in [1.82, 2.24) is 20.4 Å². The van der Waals surface area contributed by atoms with Gasteiger partial charge in [-0.1, -0.05) is 45.8 Å². The van der Waals surface area contributed by atoms with Crippen molar-refractivity contribution in [3.63, 3.8) is 0 Å². The highest BCUT2D eigenvalue weighted by Gasteiger charge is 2.34. The van der Waals surface area contributed by atoms with E-state index < -0.39 is 23.1 Å². The number of nitrogens with zero attached hydrogens (tertiary/aromatic N) is 2. The van der Waals surface area contributed by atoms with Crippen molar-refractivity contribution in [2.45, 2.75) is 60.1 Å². The van der Waals surface area contributed by atoms with Crippen molar-refractivity contribution in [2.24, 2.45) is 0 Å². The van der Waals surface area contributed by atoms with E-state index in [1.807, 2.05) is 33.9 Å². The number of rotatable bonds is 2. The Hall–Kier alpha value is -2.90. The van der Waals surface area contributed by atoms with Crippen molar-refractivity contribution in [2.75, 3.05) is 0 Å². The molecular weight excluding hydrogens is 408 g/mol. The Bertz CT molecular complexity index is 912. The van der Waals surface area contributed by atoms with Gasteiger partial charge in [-0.3, -0.25) is 10.2 Å². The third kappa shape index (κ3) is 8.03. The number of aromatic amines is 2. The van der Waals surface area contributed by atoms with Crippen molar-refractivity contribution < 1.29 is 17.6 Å². The molecule has 8 heteroatoms. The summed E-state index contributed by atoms with van der Waals surface area (Å²) in [6.45, 7) is 12.7. The van der Waals surface area contributed by atoms with Crippen LogP contribution in [0.2, 0.25) is 0 Å². The third-order valence-electron chi connectivity index (χ3n) is 4.03. The first kappa shape index (κ1) is 26.1. The van der Waals surface area contributed by atoms with Gasteiger partial charge in [0, 0.05) is 16.8 Å². The van der Waals surface area contributed by atoms with E-state index in [0.717, 1.165) is 40.7 Å². The molecule has 1 aromatic carbocycles. The molecule has 1 saturated carbocycles. The molecule has 0 spiro atoms. The van der Waals surface area contributed by atoms with E-state index in [1.165, 1.54) is 26.2 Å². The van der Waals surface area contributed by atoms with Gasteiger partial charge in [-0.05, 0) is 44.0 Å². The number of aryl methyl sites for hydroxylation is 2. The molecule has 1 aliphatic rings. The van der Waals surface area contributed by atoms with Crippen molar-refractivity contribution in [3.05, 3.63) is 65.4 Å². The molecule has 0 radical (unpaired) electrons. The Labute approximate surface area is 180 Å². The third-order valence-corrected chi connectivity index (χ3v) is 4.03. The van der Waals surface area contributed by atoms with Crippen LogP contribution in [-0.2, 0) is 6.18 Å². The van der Waals surface area contributed by atoms with Crippen molar-refractivity contribution in [1.29, 1.82) is 0 Å². The van der Waals surface area contributed by atoms with Gasteiger partial charge >= 0.3 is 6.18 Å². The molecule has 1 aliphatic carbocycles. The number of nitrogens with one attached hydrogen (secondary N) is 2. The molecule has 0 saturated heterocycles. The average Bonchev–Trinajstić information content (AvgIpc) is 3.45. The molecule has 2 N–H and O–H groups in total. The van der Waals surface area contributed by atoms with E-state index >= 15 is 0 Å². The van der Waals surface area contributed by atoms with E-state index in [1.54, 1.807) is 6.20 Å². The van der Waals surface area contributed by atoms with E-state index in [2.05, 4.69) is 27.0 Å². The highest BCUT2D eigenvalue weighted by molar-refractivity contribution is 5.65. The molecule has 0 aliphatic heterocycles.